The lowest BCUT2D eigenvalue weighted by molar-refractivity contribution is 0.102. The van der Waals surface area contributed by atoms with E-state index in [0.29, 0.717) is 15.9 Å². The molecule has 4 rings (SSSR count). The predicted molar refractivity (Wildman–Crippen MR) is 105 cm³/mol. The predicted octanol–water partition coefficient (Wildman–Crippen LogP) is 3.66. The van der Waals surface area contributed by atoms with Gasteiger partial charge in [-0.15, -0.1) is 15.3 Å². The normalized spacial score (nSPS) is 10.7. The Hall–Kier alpha value is -3.04. The molecule has 134 valence electrons. The van der Waals surface area contributed by atoms with E-state index in [1.54, 1.807) is 11.0 Å². The average molecular weight is 394 g/mol. The van der Waals surface area contributed by atoms with Crippen LogP contribution >= 0.6 is 23.1 Å². The number of thioether (sulfide) groups is 1. The zero-order valence-electron chi connectivity index (χ0n) is 14.0. The van der Waals surface area contributed by atoms with Gasteiger partial charge in [-0.2, -0.15) is 0 Å². The number of carbonyl (C=O) groups excluding carboxylic acids is 1. The molecule has 2 heterocycles. The zero-order valence-corrected chi connectivity index (χ0v) is 15.7. The van der Waals surface area contributed by atoms with Gasteiger partial charge in [0.05, 0.1) is 11.4 Å². The van der Waals surface area contributed by atoms with Crippen LogP contribution in [0.25, 0.3) is 5.69 Å². The number of hydrogen-bond donors (Lipinski definition) is 1. The van der Waals surface area contributed by atoms with Crippen molar-refractivity contribution < 1.29 is 4.79 Å². The molecule has 1 N–H and O–H groups in total. The van der Waals surface area contributed by atoms with Gasteiger partial charge in [-0.25, -0.2) is 9.67 Å². The van der Waals surface area contributed by atoms with Crippen LogP contribution in [0.5, 0.6) is 0 Å². The number of benzene rings is 2. The second-order valence-corrected chi connectivity index (χ2v) is 7.42. The van der Waals surface area contributed by atoms with Gasteiger partial charge in [0.15, 0.2) is 0 Å². The van der Waals surface area contributed by atoms with Crippen molar-refractivity contribution in [2.45, 2.75) is 10.9 Å². The average Bonchev–Trinajstić information content (AvgIpc) is 3.38. The van der Waals surface area contributed by atoms with Gasteiger partial charge >= 0.3 is 0 Å². The Bertz CT molecular complexity index is 1030. The van der Waals surface area contributed by atoms with Gasteiger partial charge in [0, 0.05) is 5.69 Å². The Morgan fingerprint density at radius 3 is 2.56 bits per heavy atom. The molecule has 0 fully saturated rings. The highest BCUT2D eigenvalue weighted by Crippen LogP contribution is 2.22. The summed E-state index contributed by atoms with van der Waals surface area (Å²) in [6.07, 6.45) is 1.68. The maximum Gasteiger partial charge on any atom is 0.286 e. The summed E-state index contributed by atoms with van der Waals surface area (Å²) in [5, 5.41) is 17.0. The molecule has 0 aliphatic rings. The Morgan fingerprint density at radius 2 is 1.78 bits per heavy atom. The molecule has 0 saturated carbocycles. The fraction of sp³-hybridized carbons (Fsp3) is 0.0556. The number of amides is 1. The molecular weight excluding hydrogens is 380 g/mol. The van der Waals surface area contributed by atoms with Crippen LogP contribution in [0, 0.1) is 0 Å². The summed E-state index contributed by atoms with van der Waals surface area (Å²) in [6, 6.07) is 19.0. The van der Waals surface area contributed by atoms with Crippen molar-refractivity contribution in [2.24, 2.45) is 0 Å². The largest absolute Gasteiger partial charge is 0.320 e. The van der Waals surface area contributed by atoms with Crippen LogP contribution in [0.3, 0.4) is 0 Å². The molecule has 2 aromatic carbocycles. The molecule has 27 heavy (non-hydrogen) atoms. The maximum absolute atomic E-state index is 12.2. The number of para-hydroxylation sites is 2. The smallest absolute Gasteiger partial charge is 0.286 e. The van der Waals surface area contributed by atoms with E-state index >= 15 is 0 Å². The van der Waals surface area contributed by atoms with Crippen LogP contribution in [-0.2, 0) is 5.75 Å². The van der Waals surface area contributed by atoms with E-state index in [1.165, 1.54) is 23.1 Å². The third-order valence-corrected chi connectivity index (χ3v) is 5.48. The number of carbonyl (C=O) groups is 1. The minimum Gasteiger partial charge on any atom is -0.320 e. The molecule has 7 nitrogen and oxygen atoms in total. The topological polar surface area (TPSA) is 85.6 Å². The number of anilines is 1. The molecule has 0 saturated heterocycles. The van der Waals surface area contributed by atoms with Crippen LogP contribution in [0.15, 0.2) is 72.1 Å². The fourth-order valence-corrected chi connectivity index (χ4v) is 3.78. The molecule has 0 bridgehead atoms. The standard InChI is InChI=1S/C18H14N6OS2/c25-16(20-13-7-3-1-4-8-13)17-22-21-15(27-17)11-26-18-19-12-24(23-18)14-9-5-2-6-10-14/h1-10,12H,11H2,(H,20,25). The van der Waals surface area contributed by atoms with E-state index in [2.05, 4.69) is 25.6 Å². The van der Waals surface area contributed by atoms with Gasteiger partial charge in [0.2, 0.25) is 10.2 Å². The van der Waals surface area contributed by atoms with Gasteiger partial charge in [0.25, 0.3) is 5.91 Å². The number of nitrogens with zero attached hydrogens (tertiary/aromatic N) is 5. The fourth-order valence-electron chi connectivity index (χ4n) is 2.26. The van der Waals surface area contributed by atoms with Crippen LogP contribution in [0.1, 0.15) is 14.8 Å². The van der Waals surface area contributed by atoms with Crippen molar-refractivity contribution in [2.75, 3.05) is 5.32 Å². The Balaban J connectivity index is 1.36. The van der Waals surface area contributed by atoms with E-state index in [4.69, 9.17) is 0 Å². The molecule has 0 unspecified atom stereocenters. The van der Waals surface area contributed by atoms with E-state index in [0.717, 1.165) is 16.4 Å². The minimum atomic E-state index is -0.263. The lowest BCUT2D eigenvalue weighted by atomic mass is 10.3. The third kappa shape index (κ3) is 4.39. The second kappa shape index (κ2) is 8.11. The van der Waals surface area contributed by atoms with Crippen LogP contribution < -0.4 is 5.32 Å². The first kappa shape index (κ1) is 17.4. The zero-order chi connectivity index (χ0) is 18.5. The summed E-state index contributed by atoms with van der Waals surface area (Å²) in [5.41, 5.74) is 1.68. The molecule has 2 aromatic heterocycles. The van der Waals surface area contributed by atoms with E-state index in [1.807, 2.05) is 60.7 Å². The minimum absolute atomic E-state index is 0.263. The monoisotopic (exact) mass is 394 g/mol. The van der Waals surface area contributed by atoms with Gasteiger partial charge in [-0.05, 0) is 24.3 Å². The Labute approximate surface area is 163 Å². The molecule has 0 radical (unpaired) electrons. The summed E-state index contributed by atoms with van der Waals surface area (Å²) >= 11 is 2.72. The molecule has 0 aliphatic heterocycles. The molecular formula is C18H14N6OS2. The number of hydrogen-bond acceptors (Lipinski definition) is 7. The second-order valence-electron chi connectivity index (χ2n) is 5.42. The maximum atomic E-state index is 12.2. The summed E-state index contributed by atoms with van der Waals surface area (Å²) < 4.78 is 1.72. The molecule has 9 heteroatoms. The summed E-state index contributed by atoms with van der Waals surface area (Å²) in [5.74, 6) is 0.288. The van der Waals surface area contributed by atoms with Crippen molar-refractivity contribution in [3.8, 4) is 5.69 Å². The molecule has 1 amide bonds. The van der Waals surface area contributed by atoms with Crippen molar-refractivity contribution in [3.63, 3.8) is 0 Å². The highest BCUT2D eigenvalue weighted by Gasteiger charge is 2.14. The quantitative estimate of drug-likeness (QED) is 0.502. The molecule has 4 aromatic rings. The van der Waals surface area contributed by atoms with Gasteiger partial charge < -0.3 is 5.32 Å². The summed E-state index contributed by atoms with van der Waals surface area (Å²) in [7, 11) is 0. The third-order valence-electron chi connectivity index (χ3n) is 3.51. The van der Waals surface area contributed by atoms with E-state index < -0.39 is 0 Å². The Kier molecular flexibility index (Phi) is 5.22. The van der Waals surface area contributed by atoms with Crippen LogP contribution in [0.4, 0.5) is 5.69 Å². The first-order valence-electron chi connectivity index (χ1n) is 8.06. The van der Waals surface area contributed by atoms with Crippen LogP contribution in [-0.4, -0.2) is 30.9 Å². The van der Waals surface area contributed by atoms with Gasteiger partial charge in [-0.3, -0.25) is 4.79 Å². The van der Waals surface area contributed by atoms with Crippen molar-refractivity contribution in [1.82, 2.24) is 25.0 Å². The lowest BCUT2D eigenvalue weighted by Gasteiger charge is -2.00. The number of rotatable bonds is 6. The first-order valence-corrected chi connectivity index (χ1v) is 9.87. The SMILES string of the molecule is O=C(Nc1ccccc1)c1nnc(CSc2ncn(-c3ccccc3)n2)s1. The Morgan fingerprint density at radius 1 is 1.04 bits per heavy atom. The van der Waals surface area contributed by atoms with Gasteiger partial charge in [-0.1, -0.05) is 59.5 Å². The van der Waals surface area contributed by atoms with Crippen molar-refractivity contribution in [1.29, 1.82) is 0 Å². The van der Waals surface area contributed by atoms with Crippen molar-refractivity contribution in [3.05, 3.63) is 77.0 Å². The summed E-state index contributed by atoms with van der Waals surface area (Å²) in [6.45, 7) is 0. The highest BCUT2D eigenvalue weighted by molar-refractivity contribution is 7.98. The van der Waals surface area contributed by atoms with Gasteiger partial charge in [0.1, 0.15) is 11.3 Å². The van der Waals surface area contributed by atoms with Crippen LogP contribution in [0.2, 0.25) is 0 Å². The van der Waals surface area contributed by atoms with Crippen molar-refractivity contribution >= 4 is 34.7 Å². The van der Waals surface area contributed by atoms with E-state index in [-0.39, 0.29) is 5.91 Å². The first-order chi connectivity index (χ1) is 13.3. The number of aromatic nitrogens is 5. The molecule has 0 spiro atoms. The highest BCUT2D eigenvalue weighted by atomic mass is 32.2. The lowest BCUT2D eigenvalue weighted by Crippen LogP contribution is -2.11. The number of nitrogens with one attached hydrogen (secondary N) is 1. The van der Waals surface area contributed by atoms with E-state index in [9.17, 15) is 4.79 Å². The molecule has 0 atom stereocenters. The molecule has 0 aliphatic carbocycles. The summed E-state index contributed by atoms with van der Waals surface area (Å²) in [4.78, 5) is 16.5.